The molecule has 0 fully saturated rings. The minimum Gasteiger partial charge on any atom is -0.756 e. The number of carbonyl (C=O) groups excluding carboxylic acids is 1. The second kappa shape index (κ2) is 57.6. The van der Waals surface area contributed by atoms with Gasteiger partial charge in [0.05, 0.1) is 39.9 Å². The third-order valence-electron chi connectivity index (χ3n) is 15.1. The van der Waals surface area contributed by atoms with Gasteiger partial charge in [0, 0.05) is 6.42 Å². The van der Waals surface area contributed by atoms with E-state index in [1.165, 1.54) is 231 Å². The molecule has 1 amide bonds. The van der Waals surface area contributed by atoms with E-state index in [0.29, 0.717) is 30.3 Å². The number of unbranched alkanes of at least 4 members (excludes halogenated alkanes) is 39. The highest BCUT2D eigenvalue weighted by Gasteiger charge is 2.29. The number of nitrogens with zero attached hydrogens (tertiary/aromatic N) is 1. The van der Waals surface area contributed by atoms with Gasteiger partial charge in [-0.15, -0.1) is 0 Å². The van der Waals surface area contributed by atoms with Crippen molar-refractivity contribution in [3.8, 4) is 0 Å². The van der Waals surface area contributed by atoms with Crippen molar-refractivity contribution >= 4 is 13.7 Å². The molecule has 0 aromatic rings. The number of hydrogen-bond acceptors (Lipinski definition) is 7. The maximum atomic E-state index is 13.0. The fraction of sp³-hybridized carbons (Fsp3) is 0.866. The quantitative estimate of drug-likeness (QED) is 0.0239. The molecule has 0 radical (unpaired) electrons. The van der Waals surface area contributed by atoms with Gasteiger partial charge in [-0.05, 0) is 83.5 Å². The molecule has 0 aliphatic rings. The smallest absolute Gasteiger partial charge is 0.268 e. The number of nitrogens with one attached hydrogen (secondary N) is 1. The fourth-order valence-corrected chi connectivity index (χ4v) is 10.6. The van der Waals surface area contributed by atoms with Crippen molar-refractivity contribution in [1.29, 1.82) is 0 Å². The van der Waals surface area contributed by atoms with E-state index in [2.05, 4.69) is 67.8 Å². The summed E-state index contributed by atoms with van der Waals surface area (Å²) in [7, 11) is 1.11. The Kier molecular flexibility index (Phi) is 56.5. The lowest BCUT2D eigenvalue weighted by Crippen LogP contribution is -2.51. The monoisotopic (exact) mass is 1100 g/mol. The SMILES string of the molecule is CCCCC/C=C/CC/C=C/CCCC(O)C(O)C(COP(=O)([O-])OCC[N+](C)(C)C)NC(=O)CCCCCCCCCCCCCCCCCCCCCCCCCCCCCCC/C=C\C/C=C\CCCCCCC. The molecule has 0 saturated heterocycles. The average molecular weight is 1110 g/mol. The summed E-state index contributed by atoms with van der Waals surface area (Å²) in [6.07, 6.45) is 73.8. The van der Waals surface area contributed by atoms with Gasteiger partial charge in [-0.2, -0.15) is 0 Å². The van der Waals surface area contributed by atoms with Crippen LogP contribution in [0.5, 0.6) is 0 Å². The van der Waals surface area contributed by atoms with E-state index in [-0.39, 0.29) is 18.9 Å². The van der Waals surface area contributed by atoms with Crippen molar-refractivity contribution in [1.82, 2.24) is 5.32 Å². The number of quaternary nitrogens is 1. The van der Waals surface area contributed by atoms with Crippen LogP contribution in [0.1, 0.15) is 316 Å². The van der Waals surface area contributed by atoms with Crippen LogP contribution in [0.15, 0.2) is 48.6 Å². The fourth-order valence-electron chi connectivity index (χ4n) is 9.89. The zero-order valence-corrected chi connectivity index (χ0v) is 52.4. The van der Waals surface area contributed by atoms with Crippen molar-refractivity contribution in [2.45, 2.75) is 334 Å². The topological polar surface area (TPSA) is 128 Å². The van der Waals surface area contributed by atoms with E-state index in [0.717, 1.165) is 44.9 Å². The van der Waals surface area contributed by atoms with Gasteiger partial charge in [0.2, 0.25) is 5.91 Å². The van der Waals surface area contributed by atoms with Crippen LogP contribution in [-0.4, -0.2) is 79.8 Å². The van der Waals surface area contributed by atoms with Gasteiger partial charge in [0.15, 0.2) is 0 Å². The summed E-state index contributed by atoms with van der Waals surface area (Å²) < 4.78 is 23.3. The molecule has 3 N–H and O–H groups in total. The molecule has 4 unspecified atom stereocenters. The minimum atomic E-state index is -4.68. The van der Waals surface area contributed by atoms with Gasteiger partial charge < -0.3 is 34.0 Å². The highest BCUT2D eigenvalue weighted by atomic mass is 31.2. The normalized spacial score (nSPS) is 14.4. The molecule has 0 heterocycles. The number of amides is 1. The first-order valence-corrected chi connectivity index (χ1v) is 34.5. The number of aliphatic hydroxyl groups is 2. The standard InChI is InChI=1S/C67H129N2O7P/c1-6-8-10-12-14-16-18-20-21-22-23-24-25-26-27-28-29-30-31-32-33-34-35-36-37-38-39-40-41-42-43-44-45-46-47-48-50-52-54-56-58-60-66(71)68-64(63-76-77(73,74)75-62-61-69(3,4)5)67(72)65(70)59-57-55-53-51-49-19-17-15-13-11-9-7-2/h15,17-18,20,22-23,51,53,64-65,67,70,72H,6-14,16,19,21,24-50,52,54-63H2,1-5H3,(H-,68,71,73,74)/b17-15+,20-18-,23-22-,53-51+. The minimum absolute atomic E-state index is 0.0477. The molecule has 0 aromatic heterocycles. The Morgan fingerprint density at radius 1 is 0.468 bits per heavy atom. The van der Waals surface area contributed by atoms with E-state index in [9.17, 15) is 24.5 Å². The molecule has 77 heavy (non-hydrogen) atoms. The lowest BCUT2D eigenvalue weighted by molar-refractivity contribution is -0.870. The summed E-state index contributed by atoms with van der Waals surface area (Å²) in [5, 5.41) is 24.7. The molecular formula is C67H129N2O7P. The number of hydrogen-bond donors (Lipinski definition) is 3. The largest absolute Gasteiger partial charge is 0.756 e. The van der Waals surface area contributed by atoms with Gasteiger partial charge in [0.25, 0.3) is 7.82 Å². The molecule has 9 nitrogen and oxygen atoms in total. The zero-order chi connectivity index (χ0) is 56.4. The average Bonchev–Trinajstić information content (AvgIpc) is 3.39. The molecular weight excluding hydrogens is 976 g/mol. The lowest BCUT2D eigenvalue weighted by atomic mass is 10.0. The van der Waals surface area contributed by atoms with Gasteiger partial charge in [-0.3, -0.25) is 9.36 Å². The van der Waals surface area contributed by atoms with Crippen molar-refractivity contribution in [2.24, 2.45) is 0 Å². The Labute approximate surface area is 478 Å². The Morgan fingerprint density at radius 3 is 1.19 bits per heavy atom. The Morgan fingerprint density at radius 2 is 0.792 bits per heavy atom. The predicted molar refractivity (Wildman–Crippen MR) is 331 cm³/mol. The molecule has 10 heteroatoms. The van der Waals surface area contributed by atoms with Crippen molar-refractivity contribution in [3.63, 3.8) is 0 Å². The summed E-state index contributed by atoms with van der Waals surface area (Å²) in [4.78, 5) is 25.5. The van der Waals surface area contributed by atoms with Gasteiger partial charge in [-0.1, -0.05) is 274 Å². The van der Waals surface area contributed by atoms with Gasteiger partial charge in [0.1, 0.15) is 19.3 Å². The van der Waals surface area contributed by atoms with Crippen LogP contribution in [0.2, 0.25) is 0 Å². The number of phosphoric acid groups is 1. The number of phosphoric ester groups is 1. The molecule has 0 rings (SSSR count). The summed E-state index contributed by atoms with van der Waals surface area (Å²) in [5.41, 5.74) is 0. The van der Waals surface area contributed by atoms with Gasteiger partial charge in [-0.25, -0.2) is 0 Å². The maximum absolute atomic E-state index is 13.0. The first kappa shape index (κ1) is 75.4. The highest BCUT2D eigenvalue weighted by molar-refractivity contribution is 7.45. The zero-order valence-electron chi connectivity index (χ0n) is 51.5. The summed E-state index contributed by atoms with van der Waals surface area (Å²) in [5.74, 6) is -0.288. The number of carbonyl (C=O) groups is 1. The van der Waals surface area contributed by atoms with Crippen LogP contribution in [0.25, 0.3) is 0 Å². The van der Waals surface area contributed by atoms with Crippen LogP contribution in [0.4, 0.5) is 0 Å². The predicted octanol–water partition coefficient (Wildman–Crippen LogP) is 19.0. The van der Waals surface area contributed by atoms with Crippen LogP contribution in [-0.2, 0) is 18.4 Å². The van der Waals surface area contributed by atoms with E-state index in [1.807, 2.05) is 21.1 Å². The number of allylic oxidation sites excluding steroid dienone is 8. The van der Waals surface area contributed by atoms with Gasteiger partial charge >= 0.3 is 0 Å². The molecule has 454 valence electrons. The molecule has 0 aliphatic heterocycles. The summed E-state index contributed by atoms with van der Waals surface area (Å²) in [6.45, 7) is 4.39. The molecule has 0 saturated carbocycles. The molecule has 0 aromatic carbocycles. The second-order valence-electron chi connectivity index (χ2n) is 23.9. The molecule has 0 spiro atoms. The lowest BCUT2D eigenvalue weighted by Gasteiger charge is -2.31. The van der Waals surface area contributed by atoms with Crippen LogP contribution < -0.4 is 10.2 Å². The molecule has 0 bridgehead atoms. The van der Waals surface area contributed by atoms with Crippen LogP contribution in [0.3, 0.4) is 0 Å². The summed E-state index contributed by atoms with van der Waals surface area (Å²) >= 11 is 0. The second-order valence-corrected chi connectivity index (χ2v) is 25.4. The Balaban J connectivity index is 3.89. The number of likely N-dealkylation sites (N-methyl/N-ethyl adjacent to an activating group) is 1. The molecule has 4 atom stereocenters. The maximum Gasteiger partial charge on any atom is 0.268 e. The van der Waals surface area contributed by atoms with Crippen molar-refractivity contribution in [3.05, 3.63) is 48.6 Å². The van der Waals surface area contributed by atoms with Crippen molar-refractivity contribution < 1.29 is 38.0 Å². The highest BCUT2D eigenvalue weighted by Crippen LogP contribution is 2.38. The first-order chi connectivity index (χ1) is 37.4. The Hall–Kier alpha value is -1.58. The summed E-state index contributed by atoms with van der Waals surface area (Å²) in [6, 6.07) is -1.10. The Bertz CT molecular complexity index is 1410. The third-order valence-corrected chi connectivity index (χ3v) is 16.1. The third kappa shape index (κ3) is 58.9. The van der Waals surface area contributed by atoms with E-state index < -0.39 is 32.7 Å². The number of aliphatic hydroxyl groups excluding tert-OH is 2. The van der Waals surface area contributed by atoms with E-state index >= 15 is 0 Å². The van der Waals surface area contributed by atoms with E-state index in [1.54, 1.807) is 0 Å². The first-order valence-electron chi connectivity index (χ1n) is 33.1. The van der Waals surface area contributed by atoms with E-state index in [4.69, 9.17) is 9.05 Å². The van der Waals surface area contributed by atoms with Crippen LogP contribution in [0, 0.1) is 0 Å². The van der Waals surface area contributed by atoms with Crippen molar-refractivity contribution in [2.75, 3.05) is 40.9 Å². The number of rotatable bonds is 61. The molecule has 0 aliphatic carbocycles. The van der Waals surface area contributed by atoms with Crippen LogP contribution >= 0.6 is 7.82 Å².